The molecule has 1 atom stereocenters. The first-order chi connectivity index (χ1) is 16.4. The summed E-state index contributed by atoms with van der Waals surface area (Å²) in [7, 11) is -1.99. The molecule has 0 heterocycles. The van der Waals surface area contributed by atoms with Gasteiger partial charge in [0.15, 0.2) is 5.84 Å². The fraction of sp³-hybridized carbons (Fsp3) is 0.409. The molecule has 2 aromatic carbocycles. The number of alkyl halides is 3. The molecule has 0 spiro atoms. The third-order valence-corrected chi connectivity index (χ3v) is 4.93. The van der Waals surface area contributed by atoms with E-state index >= 15 is 0 Å². The normalized spacial score (nSPS) is 13.4. The molecule has 2 rings (SSSR count). The van der Waals surface area contributed by atoms with Crippen molar-refractivity contribution in [2.75, 3.05) is 38.2 Å². The molecule has 35 heavy (non-hydrogen) atoms. The van der Waals surface area contributed by atoms with E-state index in [1.165, 1.54) is 19.0 Å². The number of hydrogen-bond acceptors (Lipinski definition) is 8. The molecule has 2 aromatic rings. The van der Waals surface area contributed by atoms with Gasteiger partial charge in [0, 0.05) is 12.0 Å². The van der Waals surface area contributed by atoms with Gasteiger partial charge in [-0.05, 0) is 55.5 Å². The molecular formula is C22H28F3N3O6S. The first-order valence-electron chi connectivity index (χ1n) is 10.4. The van der Waals surface area contributed by atoms with E-state index < -0.39 is 29.1 Å². The number of amidine groups is 1. The highest BCUT2D eigenvalue weighted by Crippen LogP contribution is 2.22. The van der Waals surface area contributed by atoms with Crippen molar-refractivity contribution in [1.82, 2.24) is 0 Å². The van der Waals surface area contributed by atoms with Gasteiger partial charge in [-0.1, -0.05) is 0 Å². The van der Waals surface area contributed by atoms with E-state index in [1.807, 2.05) is 0 Å². The molecule has 0 amide bonds. The summed E-state index contributed by atoms with van der Waals surface area (Å²) in [5, 5.41) is 1.23. The standard InChI is InChI=1S/C22H28F3N3O6S/c1-16(33-15-22(23,24)25)27-21(28(26)18-7-11-19(31-2)12-8-18)17-5-9-20(10-6-17)32-13-4-14-34-35(3,29)30/h5-12,16H,4,13-15,26H2,1-3H3/b27-21-. The molecule has 0 saturated carbocycles. The molecule has 0 aliphatic carbocycles. The van der Waals surface area contributed by atoms with Crippen molar-refractivity contribution >= 4 is 21.6 Å². The highest BCUT2D eigenvalue weighted by Gasteiger charge is 2.28. The lowest BCUT2D eigenvalue weighted by atomic mass is 10.1. The number of methoxy groups -OCH3 is 1. The van der Waals surface area contributed by atoms with Crippen LogP contribution in [-0.2, 0) is 19.0 Å². The quantitative estimate of drug-likeness (QED) is 0.113. The fourth-order valence-corrected chi connectivity index (χ4v) is 3.15. The molecule has 0 bridgehead atoms. The van der Waals surface area contributed by atoms with Crippen LogP contribution in [-0.4, -0.2) is 59.8 Å². The second-order valence-electron chi connectivity index (χ2n) is 7.30. The number of nitrogens with two attached hydrogens (primary N) is 1. The molecule has 0 aliphatic heterocycles. The lowest BCUT2D eigenvalue weighted by molar-refractivity contribution is -0.182. The third kappa shape index (κ3) is 10.5. The van der Waals surface area contributed by atoms with Crippen molar-refractivity contribution in [3.05, 3.63) is 54.1 Å². The van der Waals surface area contributed by atoms with Crippen LogP contribution in [0, 0.1) is 0 Å². The van der Waals surface area contributed by atoms with Crippen LogP contribution in [0.4, 0.5) is 18.9 Å². The summed E-state index contributed by atoms with van der Waals surface area (Å²) in [5.41, 5.74) is 1.01. The fourth-order valence-electron chi connectivity index (χ4n) is 2.72. The second kappa shape index (κ2) is 12.7. The zero-order valence-electron chi connectivity index (χ0n) is 19.5. The Hall–Kier alpha value is -2.87. The minimum Gasteiger partial charge on any atom is -0.497 e. The maximum absolute atomic E-state index is 12.6. The molecular weight excluding hydrogens is 491 g/mol. The van der Waals surface area contributed by atoms with Crippen molar-refractivity contribution in [3.63, 3.8) is 0 Å². The van der Waals surface area contributed by atoms with Crippen molar-refractivity contribution in [3.8, 4) is 11.5 Å². The van der Waals surface area contributed by atoms with Gasteiger partial charge in [-0.2, -0.15) is 21.6 Å². The Morgan fingerprint density at radius 2 is 1.66 bits per heavy atom. The Balaban J connectivity index is 2.17. The molecule has 194 valence electrons. The smallest absolute Gasteiger partial charge is 0.411 e. The number of hydrogen-bond donors (Lipinski definition) is 1. The van der Waals surface area contributed by atoms with E-state index in [2.05, 4.69) is 9.18 Å². The van der Waals surface area contributed by atoms with Gasteiger partial charge in [0.2, 0.25) is 0 Å². The van der Waals surface area contributed by atoms with Crippen LogP contribution in [0.1, 0.15) is 18.9 Å². The van der Waals surface area contributed by atoms with Gasteiger partial charge < -0.3 is 14.2 Å². The maximum atomic E-state index is 12.6. The average Bonchev–Trinajstić information content (AvgIpc) is 2.80. The van der Waals surface area contributed by atoms with Gasteiger partial charge >= 0.3 is 6.18 Å². The van der Waals surface area contributed by atoms with Gasteiger partial charge in [-0.3, -0.25) is 9.19 Å². The lowest BCUT2D eigenvalue weighted by Crippen LogP contribution is -2.39. The summed E-state index contributed by atoms with van der Waals surface area (Å²) in [6.45, 7) is 0.137. The highest BCUT2D eigenvalue weighted by atomic mass is 32.2. The molecule has 0 saturated heterocycles. The Morgan fingerprint density at radius 3 is 2.20 bits per heavy atom. The number of rotatable bonds is 12. The number of hydrazine groups is 1. The van der Waals surface area contributed by atoms with Crippen molar-refractivity contribution < 1.29 is 40.0 Å². The number of anilines is 1. The zero-order valence-corrected chi connectivity index (χ0v) is 20.3. The molecule has 1 unspecified atom stereocenters. The van der Waals surface area contributed by atoms with Crippen LogP contribution in [0.3, 0.4) is 0 Å². The minimum absolute atomic E-state index is 0.00642. The van der Waals surface area contributed by atoms with Crippen molar-refractivity contribution in [2.45, 2.75) is 25.7 Å². The van der Waals surface area contributed by atoms with Crippen LogP contribution in [0.25, 0.3) is 0 Å². The first-order valence-corrected chi connectivity index (χ1v) is 12.2. The highest BCUT2D eigenvalue weighted by molar-refractivity contribution is 7.85. The monoisotopic (exact) mass is 519 g/mol. The number of aliphatic imine (C=N–C) groups is 1. The van der Waals surface area contributed by atoms with Crippen LogP contribution >= 0.6 is 0 Å². The average molecular weight is 520 g/mol. The predicted molar refractivity (Wildman–Crippen MR) is 125 cm³/mol. The minimum atomic E-state index is -4.49. The van der Waals surface area contributed by atoms with Crippen molar-refractivity contribution in [1.29, 1.82) is 0 Å². The van der Waals surface area contributed by atoms with Crippen LogP contribution < -0.4 is 20.3 Å². The summed E-state index contributed by atoms with van der Waals surface area (Å²) in [6.07, 6.45) is -4.31. The van der Waals surface area contributed by atoms with E-state index in [-0.39, 0.29) is 19.0 Å². The van der Waals surface area contributed by atoms with Crippen molar-refractivity contribution in [2.24, 2.45) is 10.8 Å². The zero-order chi connectivity index (χ0) is 26.1. The van der Waals surface area contributed by atoms with E-state index in [0.29, 0.717) is 29.2 Å². The lowest BCUT2D eigenvalue weighted by Gasteiger charge is -2.23. The number of halogens is 3. The summed E-state index contributed by atoms with van der Waals surface area (Å²) >= 11 is 0. The Labute approximate surface area is 202 Å². The van der Waals surface area contributed by atoms with Crippen LogP contribution in [0.2, 0.25) is 0 Å². The molecule has 13 heteroatoms. The molecule has 2 N–H and O–H groups in total. The first kappa shape index (κ1) is 28.4. The SMILES string of the molecule is COc1ccc(N(N)/C(=N\C(C)OCC(F)(F)F)c2ccc(OCCCOS(C)(=O)=O)cc2)cc1. The van der Waals surface area contributed by atoms with E-state index in [4.69, 9.17) is 20.1 Å². The summed E-state index contributed by atoms with van der Waals surface area (Å²) in [5.74, 6) is 7.52. The van der Waals surface area contributed by atoms with Gasteiger partial charge in [0.1, 0.15) is 24.3 Å². The second-order valence-corrected chi connectivity index (χ2v) is 8.94. The van der Waals surface area contributed by atoms with E-state index in [9.17, 15) is 21.6 Å². The molecule has 0 radical (unpaired) electrons. The largest absolute Gasteiger partial charge is 0.497 e. The summed E-state index contributed by atoms with van der Waals surface area (Å²) < 4.78 is 79.7. The molecule has 0 aliphatic rings. The Morgan fingerprint density at radius 1 is 1.06 bits per heavy atom. The molecule has 0 aromatic heterocycles. The van der Waals surface area contributed by atoms with Gasteiger partial charge in [-0.25, -0.2) is 10.8 Å². The molecule has 0 fully saturated rings. The maximum Gasteiger partial charge on any atom is 0.411 e. The number of benzene rings is 2. The topological polar surface area (TPSA) is 113 Å². The third-order valence-electron chi connectivity index (χ3n) is 4.34. The Bertz CT molecular complexity index is 1060. The van der Waals surface area contributed by atoms with Crippen LogP contribution in [0.15, 0.2) is 53.5 Å². The van der Waals surface area contributed by atoms with Gasteiger partial charge in [-0.15, -0.1) is 0 Å². The van der Waals surface area contributed by atoms with E-state index in [1.54, 1.807) is 48.5 Å². The predicted octanol–water partition coefficient (Wildman–Crippen LogP) is 3.49. The van der Waals surface area contributed by atoms with E-state index in [0.717, 1.165) is 6.26 Å². The Kier molecular flexibility index (Phi) is 10.3. The summed E-state index contributed by atoms with van der Waals surface area (Å²) in [6, 6.07) is 13.2. The number of nitrogens with zero attached hydrogens (tertiary/aromatic N) is 2. The summed E-state index contributed by atoms with van der Waals surface area (Å²) in [4.78, 5) is 4.26. The van der Waals surface area contributed by atoms with Gasteiger partial charge in [0.25, 0.3) is 10.1 Å². The number of ether oxygens (including phenoxy) is 3. The molecule has 9 nitrogen and oxygen atoms in total. The van der Waals surface area contributed by atoms with Crippen LogP contribution in [0.5, 0.6) is 11.5 Å². The van der Waals surface area contributed by atoms with Gasteiger partial charge in [0.05, 0.1) is 32.3 Å².